The number of hydrogen-bond acceptors (Lipinski definition) is 2. The number of thiophene rings is 1. The monoisotopic (exact) mass is 263 g/mol. The SMILES string of the molecule is NC(c1cc2c(s1)CCCC2)C1CCCCCC1. The zero-order valence-electron chi connectivity index (χ0n) is 11.3. The predicted octanol–water partition coefficient (Wildman–Crippen LogP) is 4.60. The molecule has 1 nitrogen and oxygen atoms in total. The van der Waals surface area contributed by atoms with Gasteiger partial charge in [-0.1, -0.05) is 25.7 Å². The molecule has 0 spiro atoms. The third-order valence-electron chi connectivity index (χ3n) is 4.75. The van der Waals surface area contributed by atoms with Gasteiger partial charge in [0, 0.05) is 15.8 Å². The Labute approximate surface area is 115 Å². The molecular formula is C16H25NS. The Morgan fingerprint density at radius 3 is 2.44 bits per heavy atom. The summed E-state index contributed by atoms with van der Waals surface area (Å²) < 4.78 is 0. The van der Waals surface area contributed by atoms with Crippen LogP contribution in [0.4, 0.5) is 0 Å². The molecule has 0 amide bonds. The molecule has 18 heavy (non-hydrogen) atoms. The first-order valence-corrected chi connectivity index (χ1v) is 8.53. The quantitative estimate of drug-likeness (QED) is 0.776. The van der Waals surface area contributed by atoms with Crippen molar-refractivity contribution in [2.75, 3.05) is 0 Å². The highest BCUT2D eigenvalue weighted by molar-refractivity contribution is 7.12. The van der Waals surface area contributed by atoms with Crippen molar-refractivity contribution >= 4 is 11.3 Å². The Morgan fingerprint density at radius 1 is 1.00 bits per heavy atom. The van der Waals surface area contributed by atoms with Gasteiger partial charge in [0.05, 0.1) is 0 Å². The van der Waals surface area contributed by atoms with Crippen LogP contribution in [0.5, 0.6) is 0 Å². The van der Waals surface area contributed by atoms with E-state index in [0.717, 1.165) is 5.92 Å². The molecule has 1 heterocycles. The van der Waals surface area contributed by atoms with Crippen molar-refractivity contribution in [3.8, 4) is 0 Å². The highest BCUT2D eigenvalue weighted by atomic mass is 32.1. The van der Waals surface area contributed by atoms with E-state index >= 15 is 0 Å². The van der Waals surface area contributed by atoms with Crippen LogP contribution >= 0.6 is 11.3 Å². The second-order valence-corrected chi connectivity index (χ2v) is 7.25. The third-order valence-corrected chi connectivity index (χ3v) is 6.09. The summed E-state index contributed by atoms with van der Waals surface area (Å²) in [5.41, 5.74) is 8.18. The summed E-state index contributed by atoms with van der Waals surface area (Å²) in [6.45, 7) is 0. The molecular weight excluding hydrogens is 238 g/mol. The molecule has 0 bridgehead atoms. The average molecular weight is 263 g/mol. The Bertz CT molecular complexity index is 364. The molecule has 0 saturated heterocycles. The van der Waals surface area contributed by atoms with Crippen LogP contribution in [0.15, 0.2) is 6.07 Å². The summed E-state index contributed by atoms with van der Waals surface area (Å²) in [6, 6.07) is 2.76. The van der Waals surface area contributed by atoms with Crippen molar-refractivity contribution in [3.05, 3.63) is 21.4 Å². The van der Waals surface area contributed by atoms with Crippen molar-refractivity contribution in [2.45, 2.75) is 70.3 Å². The number of fused-ring (bicyclic) bond motifs is 1. The lowest BCUT2D eigenvalue weighted by molar-refractivity contribution is 0.386. The topological polar surface area (TPSA) is 26.0 Å². The summed E-state index contributed by atoms with van der Waals surface area (Å²) in [6.07, 6.45) is 13.7. The van der Waals surface area contributed by atoms with Crippen LogP contribution < -0.4 is 5.73 Å². The zero-order valence-corrected chi connectivity index (χ0v) is 12.1. The minimum atomic E-state index is 0.318. The van der Waals surface area contributed by atoms with Crippen LogP contribution in [0.3, 0.4) is 0 Å². The molecule has 0 radical (unpaired) electrons. The fraction of sp³-hybridized carbons (Fsp3) is 0.750. The van der Waals surface area contributed by atoms with Gasteiger partial charge in [-0.3, -0.25) is 0 Å². The van der Waals surface area contributed by atoms with Crippen LogP contribution in [-0.4, -0.2) is 0 Å². The lowest BCUT2D eigenvalue weighted by atomic mass is 9.90. The Balaban J connectivity index is 1.74. The van der Waals surface area contributed by atoms with Crippen LogP contribution in [0, 0.1) is 5.92 Å². The van der Waals surface area contributed by atoms with E-state index in [0.29, 0.717) is 6.04 Å². The minimum Gasteiger partial charge on any atom is -0.323 e. The predicted molar refractivity (Wildman–Crippen MR) is 79.1 cm³/mol. The summed E-state index contributed by atoms with van der Waals surface area (Å²) in [7, 11) is 0. The smallest absolute Gasteiger partial charge is 0.0418 e. The largest absolute Gasteiger partial charge is 0.323 e. The van der Waals surface area contributed by atoms with Gasteiger partial charge in [0.1, 0.15) is 0 Å². The molecule has 2 aliphatic carbocycles. The van der Waals surface area contributed by atoms with Crippen LogP contribution in [0.1, 0.15) is 72.7 Å². The molecule has 1 saturated carbocycles. The van der Waals surface area contributed by atoms with Gasteiger partial charge >= 0.3 is 0 Å². The molecule has 1 aromatic heterocycles. The van der Waals surface area contributed by atoms with Gasteiger partial charge in [-0.15, -0.1) is 11.3 Å². The van der Waals surface area contributed by atoms with Crippen LogP contribution in [-0.2, 0) is 12.8 Å². The van der Waals surface area contributed by atoms with Crippen molar-refractivity contribution < 1.29 is 0 Å². The van der Waals surface area contributed by atoms with Gasteiger partial charge in [-0.25, -0.2) is 0 Å². The number of aryl methyl sites for hydroxylation is 2. The van der Waals surface area contributed by atoms with Crippen LogP contribution in [0.25, 0.3) is 0 Å². The Kier molecular flexibility index (Phi) is 4.05. The normalized spacial score (nSPS) is 23.4. The Morgan fingerprint density at radius 2 is 1.72 bits per heavy atom. The summed E-state index contributed by atoms with van der Waals surface area (Å²) in [5.74, 6) is 0.743. The summed E-state index contributed by atoms with van der Waals surface area (Å²) in [4.78, 5) is 3.12. The second-order valence-electron chi connectivity index (χ2n) is 6.08. The molecule has 2 aliphatic rings. The van der Waals surface area contributed by atoms with Crippen molar-refractivity contribution in [1.82, 2.24) is 0 Å². The van der Waals surface area contributed by atoms with Gasteiger partial charge in [0.2, 0.25) is 0 Å². The van der Waals surface area contributed by atoms with E-state index in [4.69, 9.17) is 5.73 Å². The van der Waals surface area contributed by atoms with Crippen molar-refractivity contribution in [2.24, 2.45) is 11.7 Å². The highest BCUT2D eigenvalue weighted by Crippen LogP contribution is 2.38. The molecule has 100 valence electrons. The summed E-state index contributed by atoms with van der Waals surface area (Å²) >= 11 is 2.02. The first-order valence-electron chi connectivity index (χ1n) is 7.71. The molecule has 1 unspecified atom stereocenters. The molecule has 1 atom stereocenters. The van der Waals surface area contributed by atoms with Gasteiger partial charge in [0.25, 0.3) is 0 Å². The third kappa shape index (κ3) is 2.65. The zero-order chi connectivity index (χ0) is 12.4. The molecule has 2 heteroatoms. The molecule has 0 aliphatic heterocycles. The molecule has 1 fully saturated rings. The summed E-state index contributed by atoms with van der Waals surface area (Å²) in [5, 5.41) is 0. The fourth-order valence-electron chi connectivity index (χ4n) is 3.58. The molecule has 1 aromatic rings. The van der Waals surface area contributed by atoms with Gasteiger partial charge in [0.15, 0.2) is 0 Å². The van der Waals surface area contributed by atoms with Crippen molar-refractivity contribution in [3.63, 3.8) is 0 Å². The maximum absolute atomic E-state index is 6.56. The van der Waals surface area contributed by atoms with Crippen LogP contribution in [0.2, 0.25) is 0 Å². The van der Waals surface area contributed by atoms with E-state index in [1.54, 1.807) is 10.4 Å². The fourth-order valence-corrected chi connectivity index (χ4v) is 4.93. The number of nitrogens with two attached hydrogens (primary N) is 1. The van der Waals surface area contributed by atoms with E-state index < -0.39 is 0 Å². The first-order chi connectivity index (χ1) is 8.84. The number of hydrogen-bond donors (Lipinski definition) is 1. The van der Waals surface area contributed by atoms with Crippen molar-refractivity contribution in [1.29, 1.82) is 0 Å². The van der Waals surface area contributed by atoms with E-state index in [1.165, 1.54) is 69.1 Å². The van der Waals surface area contributed by atoms with E-state index in [1.807, 2.05) is 11.3 Å². The second kappa shape index (κ2) is 5.75. The lowest BCUT2D eigenvalue weighted by Crippen LogP contribution is -2.20. The van der Waals surface area contributed by atoms with E-state index in [2.05, 4.69) is 6.07 Å². The number of rotatable bonds is 2. The highest BCUT2D eigenvalue weighted by Gasteiger charge is 2.24. The van der Waals surface area contributed by atoms with Gasteiger partial charge in [-0.2, -0.15) is 0 Å². The standard InChI is InChI=1S/C16H25NS/c17-16(12-7-3-1-2-4-8-12)15-11-13-9-5-6-10-14(13)18-15/h11-12,16H,1-10,17H2. The van der Waals surface area contributed by atoms with Gasteiger partial charge in [-0.05, 0) is 56.1 Å². The average Bonchev–Trinajstić information content (AvgIpc) is 2.64. The molecule has 0 aromatic carbocycles. The lowest BCUT2D eigenvalue weighted by Gasteiger charge is -2.21. The maximum Gasteiger partial charge on any atom is 0.0418 e. The minimum absolute atomic E-state index is 0.318. The molecule has 3 rings (SSSR count). The molecule has 2 N–H and O–H groups in total. The Hall–Kier alpha value is -0.340. The maximum atomic E-state index is 6.56. The first kappa shape index (κ1) is 12.7. The van der Waals surface area contributed by atoms with Gasteiger partial charge < -0.3 is 5.73 Å². The van der Waals surface area contributed by atoms with E-state index in [-0.39, 0.29) is 0 Å². The van der Waals surface area contributed by atoms with E-state index in [9.17, 15) is 0 Å².